The molecule has 0 amide bonds. The monoisotopic (exact) mass is 373 g/mol. The van der Waals surface area contributed by atoms with Gasteiger partial charge in [0.1, 0.15) is 12.1 Å². The number of nitrogens with zero attached hydrogens (tertiary/aromatic N) is 5. The van der Waals surface area contributed by atoms with Gasteiger partial charge in [-0.05, 0) is 37.0 Å². The smallest absolute Gasteiger partial charge is 0.153 e. The van der Waals surface area contributed by atoms with Crippen molar-refractivity contribution in [1.82, 2.24) is 19.9 Å². The van der Waals surface area contributed by atoms with Crippen LogP contribution < -0.4 is 4.90 Å². The summed E-state index contributed by atoms with van der Waals surface area (Å²) in [5, 5.41) is 11.1. The van der Waals surface area contributed by atoms with Crippen molar-refractivity contribution < 1.29 is 5.11 Å². The van der Waals surface area contributed by atoms with Gasteiger partial charge in [-0.1, -0.05) is 26.0 Å². The van der Waals surface area contributed by atoms with E-state index in [1.165, 1.54) is 12.8 Å². The summed E-state index contributed by atoms with van der Waals surface area (Å²) in [6.45, 7) is 5.98. The maximum Gasteiger partial charge on any atom is 0.153 e. The van der Waals surface area contributed by atoms with E-state index in [1.54, 1.807) is 6.20 Å². The van der Waals surface area contributed by atoms with Gasteiger partial charge in [0.05, 0.1) is 18.1 Å². The minimum absolute atomic E-state index is 0.422. The maximum absolute atomic E-state index is 11.1. The van der Waals surface area contributed by atoms with Crippen LogP contribution in [0.15, 0.2) is 43.0 Å². The van der Waals surface area contributed by atoms with Gasteiger partial charge in [-0.3, -0.25) is 9.88 Å². The molecule has 1 aromatic carbocycles. The van der Waals surface area contributed by atoms with Crippen LogP contribution in [0.4, 0.5) is 11.5 Å². The summed E-state index contributed by atoms with van der Waals surface area (Å²) in [4.78, 5) is 19.7. The number of aryl methyl sites for hydroxylation is 1. The Morgan fingerprint density at radius 1 is 0.964 bits per heavy atom. The molecular weight excluding hydrogens is 350 g/mol. The molecule has 28 heavy (non-hydrogen) atoms. The molecule has 1 saturated carbocycles. The highest BCUT2D eigenvalue weighted by Crippen LogP contribution is 2.48. The van der Waals surface area contributed by atoms with Crippen LogP contribution in [0.1, 0.15) is 49.7 Å². The number of benzene rings is 1. The zero-order valence-corrected chi connectivity index (χ0v) is 16.3. The largest absolute Gasteiger partial charge is 0.372 e. The molecular formula is C22H23N5O. The van der Waals surface area contributed by atoms with Crippen LogP contribution >= 0.6 is 0 Å². The average molecular weight is 373 g/mol. The molecule has 6 nitrogen and oxygen atoms in total. The summed E-state index contributed by atoms with van der Waals surface area (Å²) in [5.41, 5.74) is 4.62. The van der Waals surface area contributed by atoms with Crippen LogP contribution in [0.3, 0.4) is 0 Å². The lowest BCUT2D eigenvalue weighted by molar-refractivity contribution is 0.118. The highest BCUT2D eigenvalue weighted by atomic mass is 16.3. The Balaban J connectivity index is 1.59. The predicted molar refractivity (Wildman–Crippen MR) is 107 cm³/mol. The molecule has 5 rings (SSSR count). The van der Waals surface area contributed by atoms with Gasteiger partial charge in [-0.2, -0.15) is 0 Å². The molecule has 6 heteroatoms. The van der Waals surface area contributed by atoms with E-state index in [-0.39, 0.29) is 0 Å². The highest BCUT2D eigenvalue weighted by Gasteiger charge is 2.45. The summed E-state index contributed by atoms with van der Waals surface area (Å²) in [5.74, 6) is 1.97. The van der Waals surface area contributed by atoms with E-state index < -0.39 is 11.6 Å². The van der Waals surface area contributed by atoms with Crippen LogP contribution in [0.5, 0.6) is 0 Å². The Kier molecular flexibility index (Phi) is 3.74. The van der Waals surface area contributed by atoms with Gasteiger partial charge >= 0.3 is 0 Å². The Hall–Kier alpha value is -2.86. The Labute approximate surface area is 164 Å². The molecule has 0 bridgehead atoms. The molecule has 0 spiro atoms. The number of aliphatic hydroxyl groups excluding tert-OH is 1. The SMILES string of the molecule is Cc1ncc(-c2ccc3c(c2)N(c2cnc(C4CC4)cn2)C(O)C3(C)C)cn1. The zero-order chi connectivity index (χ0) is 19.5. The van der Waals surface area contributed by atoms with E-state index in [0.717, 1.165) is 33.9 Å². The Morgan fingerprint density at radius 3 is 2.36 bits per heavy atom. The number of hydrogen-bond acceptors (Lipinski definition) is 6. The first-order valence-corrected chi connectivity index (χ1v) is 9.68. The number of anilines is 2. The summed E-state index contributed by atoms with van der Waals surface area (Å²) in [7, 11) is 0. The first kappa shape index (κ1) is 17.3. The van der Waals surface area contributed by atoms with Crippen LogP contribution in [-0.2, 0) is 5.41 Å². The van der Waals surface area contributed by atoms with Crippen LogP contribution in [0.25, 0.3) is 11.1 Å². The third kappa shape index (κ3) is 2.67. The van der Waals surface area contributed by atoms with Gasteiger partial charge in [0.2, 0.25) is 0 Å². The van der Waals surface area contributed by atoms with E-state index in [9.17, 15) is 5.11 Å². The van der Waals surface area contributed by atoms with Crippen molar-refractivity contribution in [1.29, 1.82) is 0 Å². The van der Waals surface area contributed by atoms with E-state index in [1.807, 2.05) is 30.4 Å². The third-order valence-corrected chi connectivity index (χ3v) is 5.86. The van der Waals surface area contributed by atoms with E-state index >= 15 is 0 Å². The average Bonchev–Trinajstić information content (AvgIpc) is 3.52. The molecule has 1 fully saturated rings. The quantitative estimate of drug-likeness (QED) is 0.751. The van der Waals surface area contributed by atoms with Crippen LogP contribution in [-0.4, -0.2) is 31.3 Å². The fourth-order valence-electron chi connectivity index (χ4n) is 3.88. The Morgan fingerprint density at radius 2 is 1.71 bits per heavy atom. The molecule has 1 unspecified atom stereocenters. The number of aliphatic hydroxyl groups is 1. The van der Waals surface area contributed by atoms with Crippen molar-refractivity contribution >= 4 is 11.5 Å². The second-order valence-corrected chi connectivity index (χ2v) is 8.29. The van der Waals surface area contributed by atoms with Crippen molar-refractivity contribution in [2.45, 2.75) is 51.2 Å². The lowest BCUT2D eigenvalue weighted by Crippen LogP contribution is -2.39. The summed E-state index contributed by atoms with van der Waals surface area (Å²) in [6.07, 6.45) is 8.96. The van der Waals surface area contributed by atoms with Gasteiger partial charge in [0.15, 0.2) is 5.82 Å². The van der Waals surface area contributed by atoms with E-state index in [4.69, 9.17) is 0 Å². The number of rotatable bonds is 3. The molecule has 3 aromatic rings. The minimum Gasteiger partial charge on any atom is -0.372 e. The number of aromatic nitrogens is 4. The lowest BCUT2D eigenvalue weighted by Gasteiger charge is -2.29. The first-order valence-electron chi connectivity index (χ1n) is 9.68. The highest BCUT2D eigenvalue weighted by molar-refractivity contribution is 5.77. The minimum atomic E-state index is -0.715. The molecule has 1 N–H and O–H groups in total. The van der Waals surface area contributed by atoms with E-state index in [0.29, 0.717) is 11.7 Å². The molecule has 2 aliphatic rings. The van der Waals surface area contributed by atoms with Crippen LogP contribution in [0, 0.1) is 6.92 Å². The van der Waals surface area contributed by atoms with Crippen molar-refractivity contribution in [3.05, 3.63) is 60.1 Å². The second-order valence-electron chi connectivity index (χ2n) is 8.29. The summed E-state index contributed by atoms with van der Waals surface area (Å²) >= 11 is 0. The molecule has 2 aromatic heterocycles. The third-order valence-electron chi connectivity index (χ3n) is 5.86. The summed E-state index contributed by atoms with van der Waals surface area (Å²) in [6, 6.07) is 6.23. The van der Waals surface area contributed by atoms with Crippen molar-refractivity contribution in [2.24, 2.45) is 0 Å². The molecule has 1 aliphatic carbocycles. The molecule has 0 saturated heterocycles. The normalized spacial score (nSPS) is 20.3. The van der Waals surface area contributed by atoms with Gasteiger partial charge in [0.25, 0.3) is 0 Å². The second kappa shape index (κ2) is 6.07. The lowest BCUT2D eigenvalue weighted by atomic mass is 9.85. The molecule has 0 radical (unpaired) electrons. The van der Waals surface area contributed by atoms with E-state index in [2.05, 4.69) is 52.0 Å². The van der Waals surface area contributed by atoms with Crippen molar-refractivity contribution in [2.75, 3.05) is 4.90 Å². The van der Waals surface area contributed by atoms with Crippen LogP contribution in [0.2, 0.25) is 0 Å². The van der Waals surface area contributed by atoms with Crippen molar-refractivity contribution in [3.63, 3.8) is 0 Å². The maximum atomic E-state index is 11.1. The fourth-order valence-corrected chi connectivity index (χ4v) is 3.88. The Bertz CT molecular complexity index is 1030. The van der Waals surface area contributed by atoms with Gasteiger partial charge < -0.3 is 5.11 Å². The first-order chi connectivity index (χ1) is 13.4. The molecule has 142 valence electrons. The zero-order valence-electron chi connectivity index (χ0n) is 16.3. The van der Waals surface area contributed by atoms with Gasteiger partial charge in [0, 0.05) is 35.0 Å². The van der Waals surface area contributed by atoms with Gasteiger partial charge in [-0.25, -0.2) is 15.0 Å². The number of fused-ring (bicyclic) bond motifs is 1. The fraction of sp³-hybridized carbons (Fsp3) is 0.364. The van der Waals surface area contributed by atoms with Gasteiger partial charge in [-0.15, -0.1) is 0 Å². The molecule has 3 heterocycles. The van der Waals surface area contributed by atoms with Crippen molar-refractivity contribution in [3.8, 4) is 11.1 Å². The number of hydrogen-bond donors (Lipinski definition) is 1. The topological polar surface area (TPSA) is 75.0 Å². The standard InChI is InChI=1S/C22H23N5O/c1-13-23-9-16(10-24-13)15-6-7-17-19(8-15)27(21(28)22(17,2)3)20-12-25-18(11-26-20)14-4-5-14/h6-12,14,21,28H,4-5H2,1-3H3. The molecule has 1 atom stereocenters. The predicted octanol–water partition coefficient (Wildman–Crippen LogP) is 3.87. The summed E-state index contributed by atoms with van der Waals surface area (Å²) < 4.78 is 0. The molecule has 1 aliphatic heterocycles.